The molecular weight excluding hydrogens is 454 g/mol. The summed E-state index contributed by atoms with van der Waals surface area (Å²) in [5.41, 5.74) is 9.90. The van der Waals surface area contributed by atoms with Crippen LogP contribution in [0.3, 0.4) is 0 Å². The van der Waals surface area contributed by atoms with Gasteiger partial charge in [-0.05, 0) is 49.9 Å². The number of anilines is 1. The molecule has 0 bridgehead atoms. The second kappa shape index (κ2) is 13.4. The lowest BCUT2D eigenvalue weighted by atomic mass is 10.0. The molecule has 1 unspecified atom stereocenters. The number of benzene rings is 1. The van der Waals surface area contributed by atoms with Crippen molar-refractivity contribution in [1.82, 2.24) is 15.5 Å². The minimum absolute atomic E-state index is 0.172. The number of fused-ring (bicyclic) bond motifs is 1. The molecule has 3 rings (SSSR count). The molecule has 12 nitrogen and oxygen atoms in total. The predicted octanol–water partition coefficient (Wildman–Crippen LogP) is 1.86. The number of ether oxygens (including phenoxy) is 1. The van der Waals surface area contributed by atoms with Crippen molar-refractivity contribution in [1.29, 1.82) is 0 Å². The number of nitrogens with one attached hydrogen (secondary N) is 3. The van der Waals surface area contributed by atoms with Crippen molar-refractivity contribution in [2.24, 2.45) is 5.11 Å². The fourth-order valence-corrected chi connectivity index (χ4v) is 4.08. The third-order valence-corrected chi connectivity index (χ3v) is 5.89. The van der Waals surface area contributed by atoms with Crippen molar-refractivity contribution in [3.05, 3.63) is 39.8 Å². The Morgan fingerprint density at radius 1 is 1.20 bits per heavy atom. The van der Waals surface area contributed by atoms with Gasteiger partial charge in [0.2, 0.25) is 17.7 Å². The van der Waals surface area contributed by atoms with Crippen molar-refractivity contribution in [3.8, 4) is 0 Å². The zero-order valence-electron chi connectivity index (χ0n) is 19.6. The summed E-state index contributed by atoms with van der Waals surface area (Å²) in [4.78, 5) is 53.1. The number of carbonyl (C=O) groups excluding carboxylic acids is 4. The average molecular weight is 486 g/mol. The predicted molar refractivity (Wildman–Crippen MR) is 127 cm³/mol. The van der Waals surface area contributed by atoms with Crippen molar-refractivity contribution >= 4 is 29.3 Å². The van der Waals surface area contributed by atoms with Gasteiger partial charge in [-0.15, -0.1) is 0 Å². The molecule has 2 aliphatic heterocycles. The van der Waals surface area contributed by atoms with Crippen LogP contribution in [-0.4, -0.2) is 67.4 Å². The number of hydrogen-bond donors (Lipinski definition) is 3. The van der Waals surface area contributed by atoms with Crippen LogP contribution >= 0.6 is 0 Å². The van der Waals surface area contributed by atoms with Gasteiger partial charge in [0.05, 0.1) is 0 Å². The number of imide groups is 1. The minimum Gasteiger partial charge on any atom is -0.381 e. The number of nitrogens with zero attached hydrogens (tertiary/aromatic N) is 4. The van der Waals surface area contributed by atoms with Crippen LogP contribution < -0.4 is 16.0 Å². The van der Waals surface area contributed by atoms with Gasteiger partial charge in [0, 0.05) is 67.4 Å². The smallest absolute Gasteiger partial charge is 0.255 e. The van der Waals surface area contributed by atoms with Crippen molar-refractivity contribution in [2.75, 3.05) is 38.2 Å². The van der Waals surface area contributed by atoms with E-state index in [2.05, 4.69) is 26.0 Å². The lowest BCUT2D eigenvalue weighted by Crippen LogP contribution is -2.52. The van der Waals surface area contributed by atoms with E-state index in [1.54, 1.807) is 18.2 Å². The van der Waals surface area contributed by atoms with E-state index in [0.717, 1.165) is 25.8 Å². The van der Waals surface area contributed by atoms with E-state index in [0.29, 0.717) is 49.5 Å². The summed E-state index contributed by atoms with van der Waals surface area (Å²) in [6, 6.07) is 4.44. The number of unbranched alkanes of at least 4 members (excludes halogenated alkanes) is 1. The van der Waals surface area contributed by atoms with Crippen LogP contribution in [-0.2, 0) is 25.7 Å². The first-order valence-corrected chi connectivity index (χ1v) is 11.9. The second-order valence-electron chi connectivity index (χ2n) is 8.41. The molecule has 2 aliphatic rings. The number of amides is 4. The fraction of sp³-hybridized carbons (Fsp3) is 0.565. The average Bonchev–Trinajstić information content (AvgIpc) is 3.17. The van der Waals surface area contributed by atoms with Crippen LogP contribution in [0.25, 0.3) is 10.4 Å². The second-order valence-corrected chi connectivity index (χ2v) is 8.41. The molecule has 1 aromatic carbocycles. The normalized spacial score (nSPS) is 17.1. The maximum Gasteiger partial charge on any atom is 0.255 e. The maximum atomic E-state index is 12.9. The number of carbonyl (C=O) groups is 4. The highest BCUT2D eigenvalue weighted by atomic mass is 16.5. The topological polar surface area (TPSA) is 166 Å². The standard InChI is InChI=1S/C23H31N7O5/c24-29-26-11-1-2-13-35-14-4-10-25-12-9-21(32)27-18-6-3-5-16-17(18)15-30(23(16)34)19-7-8-20(31)28-22(19)33/h3,5-6,19,25H,1-2,4,7-15H2,(H,27,32)(H,28,31,33). The van der Waals surface area contributed by atoms with Gasteiger partial charge in [0.1, 0.15) is 6.04 Å². The van der Waals surface area contributed by atoms with Gasteiger partial charge >= 0.3 is 0 Å². The summed E-state index contributed by atoms with van der Waals surface area (Å²) in [6.45, 7) is 3.18. The number of rotatable bonds is 14. The molecule has 0 aliphatic carbocycles. The number of piperidine rings is 1. The molecule has 0 spiro atoms. The van der Waals surface area contributed by atoms with Crippen LogP contribution in [0.1, 0.15) is 54.4 Å². The van der Waals surface area contributed by atoms with E-state index in [-0.39, 0.29) is 37.1 Å². The van der Waals surface area contributed by atoms with E-state index in [9.17, 15) is 19.2 Å². The van der Waals surface area contributed by atoms with Crippen molar-refractivity contribution < 1.29 is 23.9 Å². The molecular formula is C23H31N7O5. The van der Waals surface area contributed by atoms with Crippen LogP contribution in [0, 0.1) is 0 Å². The Balaban J connectivity index is 1.36. The molecule has 2 heterocycles. The summed E-state index contributed by atoms with van der Waals surface area (Å²) < 4.78 is 5.51. The van der Waals surface area contributed by atoms with Crippen LogP contribution in [0.4, 0.5) is 5.69 Å². The highest BCUT2D eigenvalue weighted by Gasteiger charge is 2.39. The van der Waals surface area contributed by atoms with Gasteiger partial charge in [-0.3, -0.25) is 24.5 Å². The molecule has 4 amide bonds. The Morgan fingerprint density at radius 2 is 2.03 bits per heavy atom. The molecule has 0 radical (unpaired) electrons. The first kappa shape index (κ1) is 26.1. The molecule has 0 saturated carbocycles. The van der Waals surface area contributed by atoms with E-state index in [1.165, 1.54) is 4.90 Å². The Hall–Kier alpha value is -3.47. The van der Waals surface area contributed by atoms with Gasteiger partial charge in [0.25, 0.3) is 5.91 Å². The Kier molecular flexibility index (Phi) is 10.0. The van der Waals surface area contributed by atoms with Gasteiger partial charge < -0.3 is 20.3 Å². The van der Waals surface area contributed by atoms with Gasteiger partial charge in [0.15, 0.2) is 0 Å². The van der Waals surface area contributed by atoms with Gasteiger partial charge in [-0.1, -0.05) is 11.2 Å². The Bertz CT molecular complexity index is 992. The van der Waals surface area contributed by atoms with E-state index in [4.69, 9.17) is 10.3 Å². The highest BCUT2D eigenvalue weighted by Crippen LogP contribution is 2.32. The summed E-state index contributed by atoms with van der Waals surface area (Å²) in [7, 11) is 0. The molecule has 12 heteroatoms. The lowest BCUT2D eigenvalue weighted by Gasteiger charge is -2.29. The van der Waals surface area contributed by atoms with Crippen LogP contribution in [0.2, 0.25) is 0 Å². The highest BCUT2D eigenvalue weighted by molar-refractivity contribution is 6.06. The van der Waals surface area contributed by atoms with Crippen LogP contribution in [0.15, 0.2) is 23.3 Å². The van der Waals surface area contributed by atoms with Crippen molar-refractivity contribution in [3.63, 3.8) is 0 Å². The molecule has 0 aromatic heterocycles. The van der Waals surface area contributed by atoms with Crippen LogP contribution in [0.5, 0.6) is 0 Å². The molecule has 1 aromatic rings. The third kappa shape index (κ3) is 7.51. The number of azide groups is 1. The summed E-state index contributed by atoms with van der Waals surface area (Å²) in [5, 5.41) is 11.8. The molecule has 1 saturated heterocycles. The first-order chi connectivity index (χ1) is 17.0. The molecule has 1 atom stereocenters. The summed E-state index contributed by atoms with van der Waals surface area (Å²) >= 11 is 0. The minimum atomic E-state index is -0.693. The SMILES string of the molecule is [N-]=[N+]=NCCCCOCCCNCCC(=O)Nc1cccc2c1CN(C1CCC(=O)NC1=O)C2=O. The zero-order valence-corrected chi connectivity index (χ0v) is 19.6. The van der Waals surface area contributed by atoms with Gasteiger partial charge in [-0.2, -0.15) is 0 Å². The molecule has 3 N–H and O–H groups in total. The summed E-state index contributed by atoms with van der Waals surface area (Å²) in [5.74, 6) is -1.24. The first-order valence-electron chi connectivity index (χ1n) is 11.9. The largest absolute Gasteiger partial charge is 0.381 e. The monoisotopic (exact) mass is 485 g/mol. The molecule has 1 fully saturated rings. The van der Waals surface area contributed by atoms with E-state index in [1.807, 2.05) is 0 Å². The van der Waals surface area contributed by atoms with Crippen molar-refractivity contribution in [2.45, 2.75) is 51.1 Å². The Labute approximate surface area is 203 Å². The molecule has 35 heavy (non-hydrogen) atoms. The number of hydrogen-bond acceptors (Lipinski definition) is 7. The maximum absolute atomic E-state index is 12.9. The Morgan fingerprint density at radius 3 is 2.83 bits per heavy atom. The van der Waals surface area contributed by atoms with Gasteiger partial charge in [-0.25, -0.2) is 0 Å². The summed E-state index contributed by atoms with van der Waals surface area (Å²) in [6.07, 6.45) is 3.24. The van der Waals surface area contributed by atoms with E-state index >= 15 is 0 Å². The quantitative estimate of drug-likeness (QED) is 0.120. The third-order valence-electron chi connectivity index (χ3n) is 5.89. The zero-order chi connectivity index (χ0) is 25.0. The fourth-order valence-electron chi connectivity index (χ4n) is 4.08. The van der Waals surface area contributed by atoms with E-state index < -0.39 is 11.9 Å². The lowest BCUT2D eigenvalue weighted by molar-refractivity contribution is -0.137. The molecule has 188 valence electrons.